The van der Waals surface area contributed by atoms with E-state index in [4.69, 9.17) is 11.6 Å². The van der Waals surface area contributed by atoms with Crippen molar-refractivity contribution in [3.8, 4) is 0 Å². The third kappa shape index (κ3) is 4.42. The summed E-state index contributed by atoms with van der Waals surface area (Å²) >= 11 is 5.81. The van der Waals surface area contributed by atoms with Crippen LogP contribution in [-0.4, -0.2) is 8.42 Å². The minimum atomic E-state index is -4.59. The van der Waals surface area contributed by atoms with Gasteiger partial charge in [-0.25, -0.2) is 8.42 Å². The van der Waals surface area contributed by atoms with Gasteiger partial charge in [0.2, 0.25) is 0 Å². The fraction of sp³-hybridized carbons (Fsp3) is 0.250. The van der Waals surface area contributed by atoms with E-state index in [0.29, 0.717) is 6.07 Å². The zero-order chi connectivity index (χ0) is 18.0. The predicted molar refractivity (Wildman–Crippen MR) is 87.7 cm³/mol. The molecule has 0 aliphatic rings. The Morgan fingerprint density at radius 3 is 2.25 bits per heavy atom. The summed E-state index contributed by atoms with van der Waals surface area (Å²) in [4.78, 5) is -0.0455. The minimum absolute atomic E-state index is 0.0455. The molecule has 0 unspecified atom stereocenters. The van der Waals surface area contributed by atoms with Gasteiger partial charge in [0.05, 0.1) is 21.2 Å². The molecule has 0 atom stereocenters. The van der Waals surface area contributed by atoms with Crippen LogP contribution in [0, 0.1) is 0 Å². The third-order valence-electron chi connectivity index (χ3n) is 3.31. The second-order valence-electron chi connectivity index (χ2n) is 5.19. The summed E-state index contributed by atoms with van der Waals surface area (Å²) in [6.07, 6.45) is -2.86. The monoisotopic (exact) mass is 377 g/mol. The normalized spacial score (nSPS) is 12.2. The summed E-state index contributed by atoms with van der Waals surface area (Å²) in [5, 5.41) is -0.117. The number of benzene rings is 2. The summed E-state index contributed by atoms with van der Waals surface area (Å²) in [5.41, 5.74) is -0.319. The van der Waals surface area contributed by atoms with Crippen molar-refractivity contribution in [1.29, 1.82) is 0 Å². The molecule has 0 fully saturated rings. The van der Waals surface area contributed by atoms with Crippen molar-refractivity contribution in [1.82, 2.24) is 0 Å². The van der Waals surface area contributed by atoms with E-state index in [1.807, 2.05) is 6.92 Å². The van der Waals surface area contributed by atoms with Gasteiger partial charge in [-0.3, -0.25) is 4.72 Å². The third-order valence-corrected chi connectivity index (χ3v) is 5.02. The lowest BCUT2D eigenvalue weighted by atomic mass is 10.1. The summed E-state index contributed by atoms with van der Waals surface area (Å²) in [5.74, 6) is 0. The summed E-state index contributed by atoms with van der Waals surface area (Å²) in [6.45, 7) is 2.00. The molecular weight excluding hydrogens is 363 g/mol. The van der Waals surface area contributed by atoms with Crippen LogP contribution in [-0.2, 0) is 22.6 Å². The standard InChI is InChI=1S/C16H15ClF3NO2S/c1-2-3-11-4-7-13(8-5-11)24(22,23)21-15-10-12(16(18,19)20)6-9-14(15)17/h4-10,21H,2-3H2,1H3. The average molecular weight is 378 g/mol. The lowest BCUT2D eigenvalue weighted by Crippen LogP contribution is -2.14. The molecule has 0 heterocycles. The highest BCUT2D eigenvalue weighted by Gasteiger charge is 2.31. The summed E-state index contributed by atoms with van der Waals surface area (Å²) in [7, 11) is -4.03. The molecule has 2 rings (SSSR count). The first-order valence-corrected chi connectivity index (χ1v) is 8.98. The van der Waals surface area contributed by atoms with Crippen LogP contribution in [0.1, 0.15) is 24.5 Å². The predicted octanol–water partition coefficient (Wildman–Crippen LogP) is 5.11. The lowest BCUT2D eigenvalue weighted by Gasteiger charge is -2.13. The van der Waals surface area contributed by atoms with E-state index in [1.165, 1.54) is 12.1 Å². The van der Waals surface area contributed by atoms with Crippen molar-refractivity contribution >= 4 is 27.3 Å². The molecule has 1 N–H and O–H groups in total. The zero-order valence-electron chi connectivity index (χ0n) is 12.7. The first kappa shape index (κ1) is 18.6. The Hall–Kier alpha value is -1.73. The van der Waals surface area contributed by atoms with Crippen LogP contribution in [0.2, 0.25) is 5.02 Å². The zero-order valence-corrected chi connectivity index (χ0v) is 14.3. The SMILES string of the molecule is CCCc1ccc(S(=O)(=O)Nc2cc(C(F)(F)F)ccc2Cl)cc1. The van der Waals surface area contributed by atoms with Gasteiger partial charge in [-0.15, -0.1) is 0 Å². The molecule has 0 aromatic heterocycles. The smallest absolute Gasteiger partial charge is 0.278 e. The molecule has 0 amide bonds. The first-order chi connectivity index (χ1) is 11.1. The molecule has 2 aromatic rings. The molecule has 2 aromatic carbocycles. The molecule has 0 bridgehead atoms. The van der Waals surface area contributed by atoms with Crippen molar-refractivity contribution in [2.45, 2.75) is 30.8 Å². The molecule has 0 saturated carbocycles. The average Bonchev–Trinajstić information content (AvgIpc) is 2.49. The van der Waals surface area contributed by atoms with E-state index in [9.17, 15) is 21.6 Å². The van der Waals surface area contributed by atoms with E-state index in [-0.39, 0.29) is 15.6 Å². The maximum Gasteiger partial charge on any atom is 0.416 e. The van der Waals surface area contributed by atoms with Gasteiger partial charge in [0.1, 0.15) is 0 Å². The number of sulfonamides is 1. The maximum absolute atomic E-state index is 12.8. The van der Waals surface area contributed by atoms with Crippen molar-refractivity contribution < 1.29 is 21.6 Å². The molecule has 8 heteroatoms. The number of hydrogen-bond acceptors (Lipinski definition) is 2. The van der Waals surface area contributed by atoms with Gasteiger partial charge >= 0.3 is 6.18 Å². The molecule has 3 nitrogen and oxygen atoms in total. The van der Waals surface area contributed by atoms with Gasteiger partial charge in [-0.1, -0.05) is 37.1 Å². The Bertz CT molecular complexity index is 818. The fourth-order valence-electron chi connectivity index (χ4n) is 2.11. The van der Waals surface area contributed by atoms with Gasteiger partial charge in [0, 0.05) is 0 Å². The molecule has 0 aliphatic carbocycles. The van der Waals surface area contributed by atoms with Crippen LogP contribution in [0.5, 0.6) is 0 Å². The molecule has 0 saturated heterocycles. The number of alkyl halides is 3. The number of aryl methyl sites for hydroxylation is 1. The van der Waals surface area contributed by atoms with Crippen LogP contribution < -0.4 is 4.72 Å². The Kier molecular flexibility index (Phi) is 5.45. The number of nitrogens with one attached hydrogen (secondary N) is 1. The van der Waals surface area contributed by atoms with Gasteiger partial charge < -0.3 is 0 Å². The highest BCUT2D eigenvalue weighted by atomic mass is 35.5. The van der Waals surface area contributed by atoms with E-state index in [1.54, 1.807) is 12.1 Å². The maximum atomic E-state index is 12.8. The van der Waals surface area contributed by atoms with Crippen molar-refractivity contribution in [3.63, 3.8) is 0 Å². The van der Waals surface area contributed by atoms with Crippen LogP contribution in [0.3, 0.4) is 0 Å². The Balaban J connectivity index is 2.32. The highest BCUT2D eigenvalue weighted by Crippen LogP contribution is 2.34. The summed E-state index contributed by atoms with van der Waals surface area (Å²) in [6, 6.07) is 8.64. The minimum Gasteiger partial charge on any atom is -0.278 e. The lowest BCUT2D eigenvalue weighted by molar-refractivity contribution is -0.137. The number of anilines is 1. The first-order valence-electron chi connectivity index (χ1n) is 7.12. The van der Waals surface area contributed by atoms with Crippen LogP contribution in [0.15, 0.2) is 47.4 Å². The Morgan fingerprint density at radius 2 is 1.71 bits per heavy atom. The topological polar surface area (TPSA) is 46.2 Å². The van der Waals surface area contributed by atoms with E-state index in [0.717, 1.165) is 30.5 Å². The van der Waals surface area contributed by atoms with E-state index < -0.39 is 21.8 Å². The van der Waals surface area contributed by atoms with Gasteiger partial charge in [0.15, 0.2) is 0 Å². The van der Waals surface area contributed by atoms with Crippen LogP contribution >= 0.6 is 11.6 Å². The molecule has 0 spiro atoms. The quantitative estimate of drug-likeness (QED) is 0.786. The molecule has 24 heavy (non-hydrogen) atoms. The molecule has 130 valence electrons. The van der Waals surface area contributed by atoms with Crippen molar-refractivity contribution in [3.05, 3.63) is 58.6 Å². The Labute approximate surface area is 143 Å². The van der Waals surface area contributed by atoms with Gasteiger partial charge in [-0.2, -0.15) is 13.2 Å². The molecule has 0 radical (unpaired) electrons. The van der Waals surface area contributed by atoms with Crippen LogP contribution in [0.25, 0.3) is 0 Å². The Morgan fingerprint density at radius 1 is 1.08 bits per heavy atom. The van der Waals surface area contributed by atoms with Crippen molar-refractivity contribution in [2.24, 2.45) is 0 Å². The number of rotatable bonds is 5. The van der Waals surface area contributed by atoms with Gasteiger partial charge in [-0.05, 0) is 42.3 Å². The van der Waals surface area contributed by atoms with Crippen LogP contribution in [0.4, 0.5) is 18.9 Å². The largest absolute Gasteiger partial charge is 0.416 e. The number of hydrogen-bond donors (Lipinski definition) is 1. The second-order valence-corrected chi connectivity index (χ2v) is 7.28. The summed E-state index contributed by atoms with van der Waals surface area (Å²) < 4.78 is 65.0. The molecule has 0 aliphatic heterocycles. The van der Waals surface area contributed by atoms with Crippen molar-refractivity contribution in [2.75, 3.05) is 4.72 Å². The van der Waals surface area contributed by atoms with E-state index >= 15 is 0 Å². The fourth-order valence-corrected chi connectivity index (χ4v) is 3.40. The number of halogens is 4. The second kappa shape index (κ2) is 7.03. The highest BCUT2D eigenvalue weighted by molar-refractivity contribution is 7.92. The molecular formula is C16H15ClF3NO2S. The van der Waals surface area contributed by atoms with E-state index in [2.05, 4.69) is 4.72 Å². The van der Waals surface area contributed by atoms with Gasteiger partial charge in [0.25, 0.3) is 10.0 Å².